The zero-order chi connectivity index (χ0) is 13.7. The minimum absolute atomic E-state index is 0.0795. The molecule has 102 valence electrons. The summed E-state index contributed by atoms with van der Waals surface area (Å²) in [6, 6.07) is 4.42. The molecule has 0 aliphatic rings. The number of pyridine rings is 1. The van der Waals surface area contributed by atoms with Gasteiger partial charge in [-0.3, -0.25) is 0 Å². The van der Waals surface area contributed by atoms with Crippen LogP contribution in [0.4, 0.5) is 5.82 Å². The highest BCUT2D eigenvalue weighted by Gasteiger charge is 2.15. The zero-order valence-electron chi connectivity index (χ0n) is 12.3. The lowest BCUT2D eigenvalue weighted by Gasteiger charge is -2.29. The number of hydrogen-bond donors (Lipinski definition) is 1. The predicted molar refractivity (Wildman–Crippen MR) is 76.9 cm³/mol. The third kappa shape index (κ3) is 3.70. The molecule has 0 bridgehead atoms. The van der Waals surface area contributed by atoms with Gasteiger partial charge < -0.3 is 10.0 Å². The van der Waals surface area contributed by atoms with Crippen LogP contribution in [-0.4, -0.2) is 23.2 Å². The van der Waals surface area contributed by atoms with Gasteiger partial charge in [0.25, 0.3) is 0 Å². The van der Waals surface area contributed by atoms with E-state index in [0.29, 0.717) is 12.0 Å². The van der Waals surface area contributed by atoms with Crippen LogP contribution in [-0.2, 0) is 13.0 Å². The highest BCUT2D eigenvalue weighted by atomic mass is 16.3. The van der Waals surface area contributed by atoms with Gasteiger partial charge in [-0.2, -0.15) is 0 Å². The van der Waals surface area contributed by atoms with Crippen LogP contribution in [0.15, 0.2) is 12.1 Å². The number of rotatable bonds is 6. The Bertz CT molecular complexity index is 377. The van der Waals surface area contributed by atoms with Crippen LogP contribution >= 0.6 is 0 Å². The van der Waals surface area contributed by atoms with E-state index >= 15 is 0 Å². The third-order valence-corrected chi connectivity index (χ3v) is 3.55. The lowest BCUT2D eigenvalue weighted by atomic mass is 10.0. The standard InChI is InChI=1S/C15H26N2O/c1-6-7-14-8-13(10-18)9-15(16-14)17(5)12(4)11(2)3/h8-9,11-12,18H,6-7,10H2,1-5H3. The molecule has 18 heavy (non-hydrogen) atoms. The molecule has 0 saturated heterocycles. The molecule has 1 unspecified atom stereocenters. The quantitative estimate of drug-likeness (QED) is 0.843. The molecule has 1 heterocycles. The van der Waals surface area contributed by atoms with Gasteiger partial charge in [0, 0.05) is 18.8 Å². The van der Waals surface area contributed by atoms with Crippen molar-refractivity contribution in [2.24, 2.45) is 5.92 Å². The van der Waals surface area contributed by atoms with E-state index in [-0.39, 0.29) is 6.61 Å². The Morgan fingerprint density at radius 3 is 2.44 bits per heavy atom. The number of aliphatic hydroxyl groups is 1. The average molecular weight is 250 g/mol. The largest absolute Gasteiger partial charge is 0.392 e. The van der Waals surface area contributed by atoms with Crippen molar-refractivity contribution in [3.05, 3.63) is 23.4 Å². The van der Waals surface area contributed by atoms with E-state index in [1.807, 2.05) is 12.1 Å². The van der Waals surface area contributed by atoms with Crippen LogP contribution in [0.5, 0.6) is 0 Å². The zero-order valence-corrected chi connectivity index (χ0v) is 12.3. The number of nitrogens with zero attached hydrogens (tertiary/aromatic N) is 2. The molecule has 1 atom stereocenters. The van der Waals surface area contributed by atoms with Gasteiger partial charge >= 0.3 is 0 Å². The summed E-state index contributed by atoms with van der Waals surface area (Å²) in [6.45, 7) is 8.86. The first-order valence-electron chi connectivity index (χ1n) is 6.83. The SMILES string of the molecule is CCCc1cc(CO)cc(N(C)C(C)C(C)C)n1. The molecule has 0 aliphatic heterocycles. The molecule has 0 spiro atoms. The van der Waals surface area contributed by atoms with E-state index in [1.165, 1.54) is 0 Å². The van der Waals surface area contributed by atoms with Crippen molar-refractivity contribution in [1.29, 1.82) is 0 Å². The van der Waals surface area contributed by atoms with E-state index in [4.69, 9.17) is 0 Å². The summed E-state index contributed by atoms with van der Waals surface area (Å²) >= 11 is 0. The first-order valence-corrected chi connectivity index (χ1v) is 6.83. The molecule has 0 aliphatic carbocycles. The number of aliphatic hydroxyl groups excluding tert-OH is 1. The fourth-order valence-electron chi connectivity index (χ4n) is 1.95. The molecule has 0 radical (unpaired) electrons. The van der Waals surface area contributed by atoms with Gasteiger partial charge in [0.05, 0.1) is 6.61 Å². The third-order valence-electron chi connectivity index (χ3n) is 3.55. The van der Waals surface area contributed by atoms with Gasteiger partial charge in [0.15, 0.2) is 0 Å². The van der Waals surface area contributed by atoms with Gasteiger partial charge in [-0.05, 0) is 37.0 Å². The first-order chi connectivity index (χ1) is 8.49. The van der Waals surface area contributed by atoms with E-state index in [1.54, 1.807) is 0 Å². The Morgan fingerprint density at radius 1 is 1.28 bits per heavy atom. The Hall–Kier alpha value is -1.09. The summed E-state index contributed by atoms with van der Waals surface area (Å²) in [6.07, 6.45) is 2.04. The molecule has 3 heteroatoms. The van der Waals surface area contributed by atoms with Crippen molar-refractivity contribution in [1.82, 2.24) is 4.98 Å². The Labute approximate surface area is 111 Å². The predicted octanol–water partition coefficient (Wildman–Crippen LogP) is 3.01. The van der Waals surface area contributed by atoms with Gasteiger partial charge in [0.2, 0.25) is 0 Å². The van der Waals surface area contributed by atoms with Crippen LogP contribution in [0.3, 0.4) is 0 Å². The van der Waals surface area contributed by atoms with E-state index in [2.05, 4.69) is 44.6 Å². The maximum absolute atomic E-state index is 9.34. The van der Waals surface area contributed by atoms with Crippen LogP contribution in [0.25, 0.3) is 0 Å². The molecule has 1 N–H and O–H groups in total. The molecule has 0 aromatic carbocycles. The van der Waals surface area contributed by atoms with E-state index in [0.717, 1.165) is 29.9 Å². The molecule has 1 aromatic rings. The van der Waals surface area contributed by atoms with Crippen molar-refractivity contribution in [2.75, 3.05) is 11.9 Å². The number of aryl methyl sites for hydroxylation is 1. The lowest BCUT2D eigenvalue weighted by molar-refractivity contribution is 0.281. The first kappa shape index (κ1) is 15.0. The lowest BCUT2D eigenvalue weighted by Crippen LogP contribution is -2.34. The van der Waals surface area contributed by atoms with Gasteiger partial charge in [-0.1, -0.05) is 27.2 Å². The van der Waals surface area contributed by atoms with Crippen molar-refractivity contribution >= 4 is 5.82 Å². The Kier molecular flexibility index (Phi) is 5.60. The maximum atomic E-state index is 9.34. The second-order valence-corrected chi connectivity index (χ2v) is 5.33. The summed E-state index contributed by atoms with van der Waals surface area (Å²) in [5.41, 5.74) is 2.02. The van der Waals surface area contributed by atoms with Crippen molar-refractivity contribution < 1.29 is 5.11 Å². The number of aromatic nitrogens is 1. The summed E-state index contributed by atoms with van der Waals surface area (Å²) in [4.78, 5) is 6.89. The monoisotopic (exact) mass is 250 g/mol. The molecule has 0 amide bonds. The van der Waals surface area contributed by atoms with E-state index < -0.39 is 0 Å². The highest BCUT2D eigenvalue weighted by Crippen LogP contribution is 2.20. The van der Waals surface area contributed by atoms with Crippen molar-refractivity contribution in [3.63, 3.8) is 0 Å². The minimum atomic E-state index is 0.0795. The number of anilines is 1. The van der Waals surface area contributed by atoms with Crippen molar-refractivity contribution in [3.8, 4) is 0 Å². The van der Waals surface area contributed by atoms with Gasteiger partial charge in [-0.15, -0.1) is 0 Å². The van der Waals surface area contributed by atoms with Crippen LogP contribution in [0.2, 0.25) is 0 Å². The minimum Gasteiger partial charge on any atom is -0.392 e. The van der Waals surface area contributed by atoms with E-state index in [9.17, 15) is 5.11 Å². The fourth-order valence-corrected chi connectivity index (χ4v) is 1.95. The normalized spacial score (nSPS) is 12.8. The van der Waals surface area contributed by atoms with Gasteiger partial charge in [0.1, 0.15) is 5.82 Å². The molecule has 3 nitrogen and oxygen atoms in total. The summed E-state index contributed by atoms with van der Waals surface area (Å²) < 4.78 is 0. The topological polar surface area (TPSA) is 36.4 Å². The molecule has 0 fully saturated rings. The highest BCUT2D eigenvalue weighted by molar-refractivity contribution is 5.43. The molecule has 1 rings (SSSR count). The van der Waals surface area contributed by atoms with Crippen molar-refractivity contribution in [2.45, 2.75) is 53.2 Å². The molecule has 0 saturated carbocycles. The smallest absolute Gasteiger partial charge is 0.129 e. The summed E-state index contributed by atoms with van der Waals surface area (Å²) in [5.74, 6) is 1.54. The van der Waals surface area contributed by atoms with Crippen LogP contribution in [0, 0.1) is 5.92 Å². The summed E-state index contributed by atoms with van der Waals surface area (Å²) in [7, 11) is 2.07. The Balaban J connectivity index is 3.03. The number of hydrogen-bond acceptors (Lipinski definition) is 3. The second kappa shape index (κ2) is 6.74. The van der Waals surface area contributed by atoms with Gasteiger partial charge in [-0.25, -0.2) is 4.98 Å². The molecular formula is C15H26N2O. The maximum Gasteiger partial charge on any atom is 0.129 e. The molecule has 1 aromatic heterocycles. The fraction of sp³-hybridized carbons (Fsp3) is 0.667. The summed E-state index contributed by atoms with van der Waals surface area (Å²) in [5, 5.41) is 9.34. The van der Waals surface area contributed by atoms with Crippen LogP contribution in [0.1, 0.15) is 45.4 Å². The average Bonchev–Trinajstić information content (AvgIpc) is 2.36. The Morgan fingerprint density at radius 2 is 1.94 bits per heavy atom. The van der Waals surface area contributed by atoms with Crippen LogP contribution < -0.4 is 4.90 Å². The molecular weight excluding hydrogens is 224 g/mol. The second-order valence-electron chi connectivity index (χ2n) is 5.33.